The van der Waals surface area contributed by atoms with Gasteiger partial charge < -0.3 is 16.0 Å². The number of para-hydroxylation sites is 1. The molecule has 0 aliphatic heterocycles. The maximum Gasteiger partial charge on any atom is 0.251 e. The number of nitrogens with zero attached hydrogens (tertiary/aromatic N) is 1. The molecule has 4 nitrogen and oxygen atoms in total. The van der Waals surface area contributed by atoms with Crippen LogP contribution >= 0.6 is 0 Å². The minimum absolute atomic E-state index is 0.0897. The Morgan fingerprint density at radius 3 is 2.64 bits per heavy atom. The number of anilines is 2. The fourth-order valence-corrected chi connectivity index (χ4v) is 2.45. The van der Waals surface area contributed by atoms with Gasteiger partial charge in [-0.2, -0.15) is 0 Å². The predicted molar refractivity (Wildman–Crippen MR) is 92.3 cm³/mol. The Labute approximate surface area is 131 Å². The summed E-state index contributed by atoms with van der Waals surface area (Å²) in [5.74, 6) is -0.0897. The molecule has 4 heteroatoms. The summed E-state index contributed by atoms with van der Waals surface area (Å²) in [6.07, 6.45) is 0. The summed E-state index contributed by atoms with van der Waals surface area (Å²) in [6, 6.07) is 15.3. The maximum atomic E-state index is 12.1. The molecule has 0 saturated carbocycles. The second kappa shape index (κ2) is 7.50. The second-order valence-corrected chi connectivity index (χ2v) is 5.25. The van der Waals surface area contributed by atoms with E-state index in [4.69, 9.17) is 5.73 Å². The lowest BCUT2D eigenvalue weighted by Gasteiger charge is -2.25. The molecule has 22 heavy (non-hydrogen) atoms. The molecular formula is C18H23N3O. The van der Waals surface area contributed by atoms with Gasteiger partial charge in [0.25, 0.3) is 5.91 Å². The summed E-state index contributed by atoms with van der Waals surface area (Å²) in [6.45, 7) is 6.49. The first kappa shape index (κ1) is 15.9. The summed E-state index contributed by atoms with van der Waals surface area (Å²) < 4.78 is 0. The molecule has 0 bridgehead atoms. The van der Waals surface area contributed by atoms with Crippen molar-refractivity contribution in [2.24, 2.45) is 0 Å². The van der Waals surface area contributed by atoms with Crippen LogP contribution in [-0.2, 0) is 0 Å². The number of amides is 1. The van der Waals surface area contributed by atoms with Crippen LogP contribution in [0.25, 0.3) is 0 Å². The number of rotatable bonds is 6. The van der Waals surface area contributed by atoms with Crippen LogP contribution in [0, 0.1) is 6.92 Å². The monoisotopic (exact) mass is 297 g/mol. The zero-order valence-corrected chi connectivity index (χ0v) is 13.2. The van der Waals surface area contributed by atoms with Crippen molar-refractivity contribution in [3.63, 3.8) is 0 Å². The third-order valence-electron chi connectivity index (χ3n) is 3.65. The predicted octanol–water partition coefficient (Wildman–Crippen LogP) is 2.83. The number of carbonyl (C=O) groups is 1. The third-order valence-corrected chi connectivity index (χ3v) is 3.65. The normalized spacial score (nSPS) is 10.3. The summed E-state index contributed by atoms with van der Waals surface area (Å²) in [4.78, 5) is 14.3. The fourth-order valence-electron chi connectivity index (χ4n) is 2.45. The molecule has 3 N–H and O–H groups in total. The molecule has 0 spiro atoms. The Bertz CT molecular complexity index is 640. The first-order chi connectivity index (χ1) is 10.6. The lowest BCUT2D eigenvalue weighted by molar-refractivity contribution is 0.0954. The minimum atomic E-state index is -0.0897. The summed E-state index contributed by atoms with van der Waals surface area (Å²) in [5, 5.41) is 2.94. The van der Waals surface area contributed by atoms with Crippen molar-refractivity contribution in [2.45, 2.75) is 13.8 Å². The zero-order chi connectivity index (χ0) is 15.9. The van der Waals surface area contributed by atoms with E-state index < -0.39 is 0 Å². The van der Waals surface area contributed by atoms with Crippen molar-refractivity contribution in [1.29, 1.82) is 0 Å². The Balaban J connectivity index is 1.92. The van der Waals surface area contributed by atoms with Crippen molar-refractivity contribution in [1.82, 2.24) is 5.32 Å². The highest BCUT2D eigenvalue weighted by atomic mass is 16.1. The highest BCUT2D eigenvalue weighted by molar-refractivity contribution is 5.94. The Morgan fingerprint density at radius 2 is 1.95 bits per heavy atom. The molecule has 2 aromatic rings. The summed E-state index contributed by atoms with van der Waals surface area (Å²) in [7, 11) is 0. The van der Waals surface area contributed by atoms with E-state index in [9.17, 15) is 4.79 Å². The molecule has 116 valence electrons. The van der Waals surface area contributed by atoms with Crippen LogP contribution in [0.15, 0.2) is 48.5 Å². The van der Waals surface area contributed by atoms with Crippen LogP contribution in [0.5, 0.6) is 0 Å². The van der Waals surface area contributed by atoms with Crippen molar-refractivity contribution >= 4 is 17.3 Å². The molecule has 0 aliphatic rings. The molecule has 0 heterocycles. The highest BCUT2D eigenvalue weighted by Gasteiger charge is 2.08. The van der Waals surface area contributed by atoms with E-state index in [-0.39, 0.29) is 5.91 Å². The molecule has 0 atom stereocenters. The number of nitrogens with one attached hydrogen (secondary N) is 1. The topological polar surface area (TPSA) is 58.4 Å². The number of likely N-dealkylation sites (N-methyl/N-ethyl adjacent to an activating group) is 1. The van der Waals surface area contributed by atoms with E-state index in [0.717, 1.165) is 13.1 Å². The highest BCUT2D eigenvalue weighted by Crippen LogP contribution is 2.18. The van der Waals surface area contributed by atoms with E-state index in [1.54, 1.807) is 24.3 Å². The standard InChI is InChI=1S/C18H23N3O/c1-3-21(17-10-5-4-7-14(17)2)12-11-20-18(22)15-8-6-9-16(19)13-15/h4-10,13H,3,11-12,19H2,1-2H3,(H,20,22). The molecule has 0 fully saturated rings. The largest absolute Gasteiger partial charge is 0.399 e. The van der Waals surface area contributed by atoms with Gasteiger partial charge in [0.1, 0.15) is 0 Å². The van der Waals surface area contributed by atoms with Gasteiger partial charge in [0.2, 0.25) is 0 Å². The number of carbonyl (C=O) groups excluding carboxylic acids is 1. The maximum absolute atomic E-state index is 12.1. The molecule has 2 rings (SSSR count). The quantitative estimate of drug-likeness (QED) is 0.806. The van der Waals surface area contributed by atoms with Crippen LogP contribution < -0.4 is 16.0 Å². The van der Waals surface area contributed by atoms with Gasteiger partial charge in [0.15, 0.2) is 0 Å². The smallest absolute Gasteiger partial charge is 0.251 e. The molecule has 0 unspecified atom stereocenters. The molecule has 0 saturated heterocycles. The van der Waals surface area contributed by atoms with Gasteiger partial charge in [-0.05, 0) is 43.7 Å². The number of aryl methyl sites for hydroxylation is 1. The average Bonchev–Trinajstić information content (AvgIpc) is 2.52. The number of hydrogen-bond donors (Lipinski definition) is 2. The van der Waals surface area contributed by atoms with E-state index in [2.05, 4.69) is 36.2 Å². The average molecular weight is 297 g/mol. The number of nitrogens with two attached hydrogens (primary N) is 1. The molecule has 1 amide bonds. The third kappa shape index (κ3) is 4.01. The van der Waals surface area contributed by atoms with Gasteiger partial charge in [0.05, 0.1) is 0 Å². The van der Waals surface area contributed by atoms with E-state index in [1.807, 2.05) is 12.1 Å². The van der Waals surface area contributed by atoms with Crippen molar-refractivity contribution in [2.75, 3.05) is 30.3 Å². The van der Waals surface area contributed by atoms with Gasteiger partial charge in [-0.3, -0.25) is 4.79 Å². The van der Waals surface area contributed by atoms with Gasteiger partial charge in [-0.15, -0.1) is 0 Å². The van der Waals surface area contributed by atoms with Crippen LogP contribution in [0.4, 0.5) is 11.4 Å². The van der Waals surface area contributed by atoms with Crippen LogP contribution in [-0.4, -0.2) is 25.5 Å². The van der Waals surface area contributed by atoms with Gasteiger partial charge in [-0.1, -0.05) is 24.3 Å². The lowest BCUT2D eigenvalue weighted by atomic mass is 10.2. The van der Waals surface area contributed by atoms with Crippen molar-refractivity contribution in [3.05, 3.63) is 59.7 Å². The van der Waals surface area contributed by atoms with Gasteiger partial charge in [-0.25, -0.2) is 0 Å². The number of hydrogen-bond acceptors (Lipinski definition) is 3. The Kier molecular flexibility index (Phi) is 5.42. The van der Waals surface area contributed by atoms with E-state index >= 15 is 0 Å². The molecule has 0 radical (unpaired) electrons. The minimum Gasteiger partial charge on any atom is -0.399 e. The fraction of sp³-hybridized carbons (Fsp3) is 0.278. The van der Waals surface area contributed by atoms with Gasteiger partial charge >= 0.3 is 0 Å². The SMILES string of the molecule is CCN(CCNC(=O)c1cccc(N)c1)c1ccccc1C. The number of nitrogen functional groups attached to an aromatic ring is 1. The first-order valence-electron chi connectivity index (χ1n) is 7.56. The lowest BCUT2D eigenvalue weighted by Crippen LogP contribution is -2.35. The van der Waals surface area contributed by atoms with Gasteiger partial charge in [0, 0.05) is 36.6 Å². The summed E-state index contributed by atoms with van der Waals surface area (Å²) in [5.41, 5.74) is 9.35. The van der Waals surface area contributed by atoms with Crippen LogP contribution in [0.3, 0.4) is 0 Å². The van der Waals surface area contributed by atoms with E-state index in [1.165, 1.54) is 11.3 Å². The second-order valence-electron chi connectivity index (χ2n) is 5.25. The van der Waals surface area contributed by atoms with Crippen molar-refractivity contribution < 1.29 is 4.79 Å². The molecule has 2 aromatic carbocycles. The van der Waals surface area contributed by atoms with E-state index in [0.29, 0.717) is 17.8 Å². The Hall–Kier alpha value is -2.49. The van der Waals surface area contributed by atoms with Crippen LogP contribution in [0.1, 0.15) is 22.8 Å². The Morgan fingerprint density at radius 1 is 1.18 bits per heavy atom. The van der Waals surface area contributed by atoms with Crippen LogP contribution in [0.2, 0.25) is 0 Å². The first-order valence-corrected chi connectivity index (χ1v) is 7.56. The zero-order valence-electron chi connectivity index (χ0n) is 13.2. The molecule has 0 aliphatic carbocycles. The summed E-state index contributed by atoms with van der Waals surface area (Å²) >= 11 is 0. The molecule has 0 aromatic heterocycles. The molecular weight excluding hydrogens is 274 g/mol. The number of benzene rings is 2. The van der Waals surface area contributed by atoms with Crippen molar-refractivity contribution in [3.8, 4) is 0 Å².